The maximum Gasteiger partial charge on any atom is 0.410 e. The Bertz CT molecular complexity index is 1810. The number of hydrogen-bond donors (Lipinski definition) is 2. The lowest BCUT2D eigenvalue weighted by Gasteiger charge is -2.27. The fraction of sp³-hybridized carbons (Fsp3) is 0.500. The highest BCUT2D eigenvalue weighted by Crippen LogP contribution is 2.42. The SMILES string of the molecule is COCCOc1c(C#Cc2ccc3nc(C4CCCC4)[nH]c3c2)ccc(-c2cnc(C3CCCN3C(=O)OC(C)(C)C)[nH]2)c1OCCOC. The highest BCUT2D eigenvalue weighted by atomic mass is 16.6. The van der Waals surface area contributed by atoms with Crippen LogP contribution in [0, 0.1) is 11.8 Å². The van der Waals surface area contributed by atoms with E-state index < -0.39 is 5.60 Å². The molecule has 1 amide bonds. The monoisotopic (exact) mass is 669 g/mol. The van der Waals surface area contributed by atoms with Crippen molar-refractivity contribution in [3.63, 3.8) is 0 Å². The second-order valence-electron chi connectivity index (χ2n) is 13.6. The molecule has 1 unspecified atom stereocenters. The van der Waals surface area contributed by atoms with Crippen molar-refractivity contribution < 1.29 is 28.5 Å². The quantitative estimate of drug-likeness (QED) is 0.128. The summed E-state index contributed by atoms with van der Waals surface area (Å²) >= 11 is 0. The Morgan fingerprint density at radius 3 is 2.39 bits per heavy atom. The molecule has 1 atom stereocenters. The molecule has 3 heterocycles. The normalized spacial score (nSPS) is 16.6. The predicted molar refractivity (Wildman–Crippen MR) is 187 cm³/mol. The maximum atomic E-state index is 13.0. The van der Waals surface area contributed by atoms with Crippen LogP contribution in [0.25, 0.3) is 22.3 Å². The van der Waals surface area contributed by atoms with Crippen LogP contribution in [0.15, 0.2) is 36.5 Å². The van der Waals surface area contributed by atoms with Crippen molar-refractivity contribution in [1.29, 1.82) is 0 Å². The van der Waals surface area contributed by atoms with Gasteiger partial charge in [0.15, 0.2) is 11.5 Å². The van der Waals surface area contributed by atoms with Gasteiger partial charge in [0.05, 0.1) is 47.7 Å². The first kappa shape index (κ1) is 34.3. The molecule has 49 heavy (non-hydrogen) atoms. The number of imidazole rings is 2. The van der Waals surface area contributed by atoms with E-state index in [0.29, 0.717) is 61.8 Å². The largest absolute Gasteiger partial charge is 0.487 e. The zero-order chi connectivity index (χ0) is 34.4. The van der Waals surface area contributed by atoms with Gasteiger partial charge in [0.1, 0.15) is 30.5 Å². The molecular weight excluding hydrogens is 622 g/mol. The Morgan fingerprint density at radius 1 is 0.898 bits per heavy atom. The van der Waals surface area contributed by atoms with Gasteiger partial charge >= 0.3 is 6.09 Å². The number of amides is 1. The third kappa shape index (κ3) is 8.20. The molecule has 2 N–H and O–H groups in total. The van der Waals surface area contributed by atoms with E-state index >= 15 is 0 Å². The highest BCUT2D eigenvalue weighted by Gasteiger charge is 2.35. The standard InChI is InChI=1S/C38H47N5O6/c1-38(2,3)49-37(44)43-18-8-11-32(43)36-39-24-31(42-36)28-16-15-26(33(47-21-19-45-4)34(28)48-22-20-46-5)14-12-25-13-17-29-30(23-25)41-35(40-29)27-9-6-7-10-27/h13,15-17,23-24,27,32H,6-11,18-22H2,1-5H3,(H,39,42)(H,40,41). The van der Waals surface area contributed by atoms with Gasteiger partial charge in [-0.3, -0.25) is 4.90 Å². The van der Waals surface area contributed by atoms with Crippen molar-refractivity contribution in [2.75, 3.05) is 47.2 Å². The van der Waals surface area contributed by atoms with Gasteiger partial charge in [-0.05, 0) is 76.8 Å². The van der Waals surface area contributed by atoms with Gasteiger partial charge in [0, 0.05) is 37.8 Å². The predicted octanol–water partition coefficient (Wildman–Crippen LogP) is 7.13. The molecule has 2 fully saturated rings. The summed E-state index contributed by atoms with van der Waals surface area (Å²) in [7, 11) is 3.27. The molecule has 2 aromatic heterocycles. The molecule has 11 heteroatoms. The van der Waals surface area contributed by atoms with Crippen LogP contribution in [0.2, 0.25) is 0 Å². The molecule has 6 rings (SSSR count). The summed E-state index contributed by atoms with van der Waals surface area (Å²) in [5, 5.41) is 0. The number of rotatable bonds is 11. The number of aromatic amines is 2. The van der Waals surface area contributed by atoms with Crippen LogP contribution in [0.4, 0.5) is 4.79 Å². The third-order valence-electron chi connectivity index (χ3n) is 8.85. The van der Waals surface area contributed by atoms with Gasteiger partial charge < -0.3 is 33.7 Å². The minimum Gasteiger partial charge on any atom is -0.487 e. The van der Waals surface area contributed by atoms with Gasteiger partial charge in [-0.15, -0.1) is 0 Å². The van der Waals surface area contributed by atoms with Crippen LogP contribution < -0.4 is 9.47 Å². The second kappa shape index (κ2) is 15.3. The Balaban J connectivity index is 1.33. The van der Waals surface area contributed by atoms with Crippen molar-refractivity contribution in [2.45, 2.75) is 76.9 Å². The van der Waals surface area contributed by atoms with Gasteiger partial charge in [-0.2, -0.15) is 0 Å². The van der Waals surface area contributed by atoms with Gasteiger partial charge in [0.25, 0.3) is 0 Å². The van der Waals surface area contributed by atoms with Gasteiger partial charge in [0.2, 0.25) is 0 Å². The van der Waals surface area contributed by atoms with Crippen molar-refractivity contribution in [1.82, 2.24) is 24.8 Å². The Hall–Kier alpha value is -4.53. The van der Waals surface area contributed by atoms with Crippen LogP contribution in [0.3, 0.4) is 0 Å². The van der Waals surface area contributed by atoms with Crippen molar-refractivity contribution >= 4 is 17.1 Å². The number of carbonyl (C=O) groups excluding carboxylic acids is 1. The molecule has 260 valence electrons. The number of aromatic nitrogens is 4. The minimum atomic E-state index is -0.582. The number of carbonyl (C=O) groups is 1. The number of methoxy groups -OCH3 is 2. The number of ether oxygens (including phenoxy) is 5. The second-order valence-corrected chi connectivity index (χ2v) is 13.6. The smallest absolute Gasteiger partial charge is 0.410 e. The van der Waals surface area contributed by atoms with Crippen LogP contribution in [0.5, 0.6) is 11.5 Å². The van der Waals surface area contributed by atoms with E-state index in [2.05, 4.69) is 27.9 Å². The topological polar surface area (TPSA) is 124 Å². The molecule has 1 saturated carbocycles. The maximum absolute atomic E-state index is 13.0. The molecule has 11 nitrogen and oxygen atoms in total. The number of nitrogens with zero attached hydrogens (tertiary/aromatic N) is 3. The van der Waals surface area contributed by atoms with E-state index in [0.717, 1.165) is 46.5 Å². The number of fused-ring (bicyclic) bond motifs is 1. The summed E-state index contributed by atoms with van der Waals surface area (Å²) in [5.74, 6) is 9.98. The van der Waals surface area contributed by atoms with Gasteiger partial charge in [-0.25, -0.2) is 14.8 Å². The molecular formula is C38H47N5O6. The first-order valence-corrected chi connectivity index (χ1v) is 17.2. The lowest BCUT2D eigenvalue weighted by Crippen LogP contribution is -2.36. The lowest BCUT2D eigenvalue weighted by molar-refractivity contribution is 0.0218. The summed E-state index contributed by atoms with van der Waals surface area (Å²) in [6.07, 6.45) is 7.98. The van der Waals surface area contributed by atoms with Crippen LogP contribution in [-0.4, -0.2) is 83.7 Å². The summed E-state index contributed by atoms with van der Waals surface area (Å²) in [6, 6.07) is 9.75. The minimum absolute atomic E-state index is 0.217. The molecule has 1 saturated heterocycles. The van der Waals surface area contributed by atoms with E-state index in [9.17, 15) is 4.79 Å². The van der Waals surface area contributed by atoms with E-state index in [-0.39, 0.29) is 12.1 Å². The van der Waals surface area contributed by atoms with E-state index in [1.807, 2.05) is 45.0 Å². The molecule has 2 aliphatic rings. The van der Waals surface area contributed by atoms with Gasteiger partial charge in [-0.1, -0.05) is 24.7 Å². The van der Waals surface area contributed by atoms with E-state index in [1.165, 1.54) is 25.7 Å². The Morgan fingerprint density at radius 2 is 1.65 bits per heavy atom. The number of nitrogens with one attached hydrogen (secondary N) is 2. The number of likely N-dealkylation sites (tertiary alicyclic amines) is 1. The molecule has 0 bridgehead atoms. The Kier molecular flexibility index (Phi) is 10.8. The van der Waals surface area contributed by atoms with Crippen molar-refractivity contribution in [2.24, 2.45) is 0 Å². The third-order valence-corrected chi connectivity index (χ3v) is 8.85. The lowest BCUT2D eigenvalue weighted by atomic mass is 10.1. The summed E-state index contributed by atoms with van der Waals surface area (Å²) in [5.41, 5.74) is 4.40. The molecule has 1 aliphatic heterocycles. The average molecular weight is 670 g/mol. The molecule has 0 spiro atoms. The fourth-order valence-corrected chi connectivity index (χ4v) is 6.49. The molecule has 4 aromatic rings. The van der Waals surface area contributed by atoms with E-state index in [1.54, 1.807) is 25.3 Å². The summed E-state index contributed by atoms with van der Waals surface area (Å²) in [4.78, 5) is 31.3. The Labute approximate surface area is 288 Å². The fourth-order valence-electron chi connectivity index (χ4n) is 6.49. The number of H-pyrrole nitrogens is 2. The van der Waals surface area contributed by atoms with Crippen LogP contribution in [0.1, 0.15) is 94.0 Å². The van der Waals surface area contributed by atoms with Crippen molar-refractivity contribution in [3.8, 4) is 34.6 Å². The first-order chi connectivity index (χ1) is 23.7. The molecule has 1 aliphatic carbocycles. The average Bonchev–Trinajstić information content (AvgIpc) is 3.90. The summed E-state index contributed by atoms with van der Waals surface area (Å²) in [6.45, 7) is 7.62. The zero-order valence-corrected chi connectivity index (χ0v) is 29.2. The van der Waals surface area contributed by atoms with Crippen molar-refractivity contribution in [3.05, 3.63) is 59.3 Å². The highest BCUT2D eigenvalue weighted by molar-refractivity contribution is 5.78. The number of hydrogen-bond acceptors (Lipinski definition) is 8. The number of benzene rings is 2. The molecule has 0 radical (unpaired) electrons. The molecule has 2 aromatic carbocycles. The van der Waals surface area contributed by atoms with E-state index in [4.69, 9.17) is 33.7 Å². The summed E-state index contributed by atoms with van der Waals surface area (Å²) < 4.78 is 28.9. The zero-order valence-electron chi connectivity index (χ0n) is 29.2. The van der Waals surface area contributed by atoms with Crippen LogP contribution in [-0.2, 0) is 14.2 Å². The van der Waals surface area contributed by atoms with Crippen LogP contribution >= 0.6 is 0 Å². The first-order valence-electron chi connectivity index (χ1n) is 17.2.